The summed E-state index contributed by atoms with van der Waals surface area (Å²) in [6, 6.07) is 6.70. The quantitative estimate of drug-likeness (QED) is 0.530. The highest BCUT2D eigenvalue weighted by molar-refractivity contribution is 8.15. The van der Waals surface area contributed by atoms with E-state index in [1.54, 1.807) is 0 Å². The van der Waals surface area contributed by atoms with E-state index in [4.69, 9.17) is 16.6 Å². The lowest BCUT2D eigenvalue weighted by atomic mass is 10.1. The first-order valence-electron chi connectivity index (χ1n) is 10.2. The first-order valence-corrected chi connectivity index (χ1v) is 11.5. The number of carbonyl (C=O) groups is 2. The average molecular weight is 498 g/mol. The van der Waals surface area contributed by atoms with Gasteiger partial charge in [0.15, 0.2) is 5.17 Å². The highest BCUT2D eigenvalue weighted by atomic mass is 35.5. The van der Waals surface area contributed by atoms with Crippen molar-refractivity contribution < 1.29 is 22.8 Å². The smallest absolute Gasteiger partial charge is 0.325 e. The average Bonchev–Trinajstić information content (AvgIpc) is 2.99. The van der Waals surface area contributed by atoms with Gasteiger partial charge in [-0.25, -0.2) is 4.99 Å². The Balaban J connectivity index is 1.79. The van der Waals surface area contributed by atoms with Gasteiger partial charge in [0.2, 0.25) is 11.8 Å². The minimum atomic E-state index is -4.57. The molecule has 1 saturated heterocycles. The molecule has 1 N–H and O–H groups in total. The molecule has 0 aliphatic carbocycles. The van der Waals surface area contributed by atoms with Crippen LogP contribution in [-0.4, -0.2) is 33.7 Å². The van der Waals surface area contributed by atoms with Gasteiger partial charge in [-0.15, -0.1) is 0 Å². The summed E-state index contributed by atoms with van der Waals surface area (Å²) in [5.41, 5.74) is 2.76. The number of nitrogens with zero attached hydrogens (tertiary/aromatic N) is 2. The number of alkyl halides is 3. The summed E-state index contributed by atoms with van der Waals surface area (Å²) < 4.78 is 38.9. The molecule has 1 aliphatic rings. The zero-order valence-corrected chi connectivity index (χ0v) is 20.1. The lowest BCUT2D eigenvalue weighted by Crippen LogP contribution is -2.33. The van der Waals surface area contributed by atoms with Gasteiger partial charge in [-0.05, 0) is 57.0 Å². The zero-order chi connectivity index (χ0) is 24.5. The van der Waals surface area contributed by atoms with Gasteiger partial charge in [0.25, 0.3) is 0 Å². The highest BCUT2D eigenvalue weighted by Gasteiger charge is 2.38. The van der Waals surface area contributed by atoms with Crippen LogP contribution in [0.5, 0.6) is 0 Å². The van der Waals surface area contributed by atoms with Crippen LogP contribution >= 0.6 is 23.4 Å². The van der Waals surface area contributed by atoms with Crippen LogP contribution in [0.2, 0.25) is 5.02 Å². The van der Waals surface area contributed by atoms with Gasteiger partial charge >= 0.3 is 6.18 Å². The standard InChI is InChI=1S/C23H23ClF3N3O2S/c1-5-30-21(32)18(33-22(30)29-20-13(3)8-12(2)9-14(20)4)11-19(31)28-17-10-15(23(25,26)27)6-7-16(17)24/h6-10,18H,5,11H2,1-4H3,(H,28,31). The number of hydrogen-bond donors (Lipinski definition) is 1. The minimum absolute atomic E-state index is 0.0236. The Kier molecular flexibility index (Phi) is 7.43. The number of anilines is 1. The topological polar surface area (TPSA) is 61.8 Å². The van der Waals surface area contributed by atoms with Crippen LogP contribution in [0.25, 0.3) is 0 Å². The summed E-state index contributed by atoms with van der Waals surface area (Å²) >= 11 is 7.12. The van der Waals surface area contributed by atoms with Crippen molar-refractivity contribution in [2.45, 2.75) is 45.5 Å². The van der Waals surface area contributed by atoms with E-state index < -0.39 is 22.9 Å². The van der Waals surface area contributed by atoms with Crippen molar-refractivity contribution in [2.75, 3.05) is 11.9 Å². The maximum Gasteiger partial charge on any atom is 0.416 e. The molecule has 1 heterocycles. The number of benzene rings is 2. The molecule has 33 heavy (non-hydrogen) atoms. The number of aryl methyl sites for hydroxylation is 3. The Hall–Kier alpha value is -2.52. The van der Waals surface area contributed by atoms with Gasteiger partial charge in [-0.2, -0.15) is 13.2 Å². The van der Waals surface area contributed by atoms with Crippen LogP contribution in [0, 0.1) is 20.8 Å². The van der Waals surface area contributed by atoms with E-state index in [-0.39, 0.29) is 23.0 Å². The van der Waals surface area contributed by atoms with Gasteiger partial charge in [0.05, 0.1) is 22.0 Å². The molecule has 1 fully saturated rings. The van der Waals surface area contributed by atoms with Gasteiger partial charge in [-0.3, -0.25) is 14.5 Å². The lowest BCUT2D eigenvalue weighted by Gasteiger charge is -2.15. The summed E-state index contributed by atoms with van der Waals surface area (Å²) in [6.07, 6.45) is -4.79. The molecule has 2 amide bonds. The van der Waals surface area contributed by atoms with Crippen molar-refractivity contribution >= 4 is 51.7 Å². The van der Waals surface area contributed by atoms with Crippen LogP contribution in [0.3, 0.4) is 0 Å². The molecule has 5 nitrogen and oxygen atoms in total. The summed E-state index contributed by atoms with van der Waals surface area (Å²) in [4.78, 5) is 31.6. The predicted molar refractivity (Wildman–Crippen MR) is 126 cm³/mol. The molecular formula is C23H23ClF3N3O2S. The van der Waals surface area contributed by atoms with E-state index in [0.29, 0.717) is 11.7 Å². The number of nitrogens with one attached hydrogen (secondary N) is 1. The van der Waals surface area contributed by atoms with E-state index in [0.717, 1.165) is 40.6 Å². The maximum atomic E-state index is 13.0. The molecule has 10 heteroatoms. The number of amides is 2. The molecular weight excluding hydrogens is 475 g/mol. The van der Waals surface area contributed by atoms with Crippen molar-refractivity contribution in [3.63, 3.8) is 0 Å². The second-order valence-electron chi connectivity index (χ2n) is 7.78. The number of aliphatic imine (C=N–C) groups is 1. The van der Waals surface area contributed by atoms with Crippen molar-refractivity contribution in [1.29, 1.82) is 0 Å². The highest BCUT2D eigenvalue weighted by Crippen LogP contribution is 2.36. The van der Waals surface area contributed by atoms with Crippen molar-refractivity contribution in [2.24, 2.45) is 4.99 Å². The zero-order valence-electron chi connectivity index (χ0n) is 18.5. The molecule has 1 unspecified atom stereocenters. The number of rotatable bonds is 5. The molecule has 176 valence electrons. The molecule has 0 bridgehead atoms. The fraction of sp³-hybridized carbons (Fsp3) is 0.348. The second-order valence-corrected chi connectivity index (χ2v) is 9.35. The van der Waals surface area contributed by atoms with Crippen LogP contribution in [-0.2, 0) is 15.8 Å². The van der Waals surface area contributed by atoms with Crippen LogP contribution in [0.1, 0.15) is 35.6 Å². The summed E-state index contributed by atoms with van der Waals surface area (Å²) in [5.74, 6) is -0.879. The van der Waals surface area contributed by atoms with Crippen LogP contribution in [0.4, 0.5) is 24.5 Å². The Bertz CT molecular complexity index is 1110. The fourth-order valence-corrected chi connectivity index (χ4v) is 5.00. The largest absolute Gasteiger partial charge is 0.416 e. The molecule has 0 radical (unpaired) electrons. The monoisotopic (exact) mass is 497 g/mol. The normalized spacial score (nSPS) is 17.7. The molecule has 1 aliphatic heterocycles. The number of thioether (sulfide) groups is 1. The van der Waals surface area contributed by atoms with Crippen LogP contribution < -0.4 is 5.32 Å². The Morgan fingerprint density at radius 3 is 2.39 bits per heavy atom. The van der Waals surface area contributed by atoms with Crippen molar-refractivity contribution in [3.05, 3.63) is 57.6 Å². The first kappa shape index (κ1) is 25.1. The minimum Gasteiger partial charge on any atom is -0.325 e. The van der Waals surface area contributed by atoms with E-state index >= 15 is 0 Å². The molecule has 1 atom stereocenters. The molecule has 0 aromatic heterocycles. The molecule has 0 spiro atoms. The van der Waals surface area contributed by atoms with Crippen molar-refractivity contribution in [1.82, 2.24) is 4.90 Å². The summed E-state index contributed by atoms with van der Waals surface area (Å²) in [7, 11) is 0. The number of carbonyl (C=O) groups excluding carboxylic acids is 2. The van der Waals surface area contributed by atoms with E-state index in [1.165, 1.54) is 16.7 Å². The van der Waals surface area contributed by atoms with Crippen LogP contribution in [0.15, 0.2) is 35.3 Å². The molecule has 2 aromatic rings. The molecule has 3 rings (SSSR count). The Morgan fingerprint density at radius 1 is 1.18 bits per heavy atom. The second kappa shape index (κ2) is 9.77. The molecule has 2 aromatic carbocycles. The van der Waals surface area contributed by atoms with E-state index in [1.807, 2.05) is 39.8 Å². The van der Waals surface area contributed by atoms with Crippen molar-refractivity contribution in [3.8, 4) is 0 Å². The third kappa shape index (κ3) is 5.70. The van der Waals surface area contributed by atoms with Gasteiger partial charge < -0.3 is 5.32 Å². The van der Waals surface area contributed by atoms with Gasteiger partial charge in [-0.1, -0.05) is 41.1 Å². The Labute approximate surface area is 199 Å². The molecule has 0 saturated carbocycles. The van der Waals surface area contributed by atoms with Gasteiger partial charge in [0.1, 0.15) is 5.25 Å². The first-order chi connectivity index (χ1) is 15.4. The van der Waals surface area contributed by atoms with E-state index in [2.05, 4.69) is 5.32 Å². The number of amidine groups is 1. The SMILES string of the molecule is CCN1C(=O)C(CC(=O)Nc2cc(C(F)(F)F)ccc2Cl)SC1=Nc1c(C)cc(C)cc1C. The van der Waals surface area contributed by atoms with E-state index in [9.17, 15) is 22.8 Å². The fourth-order valence-electron chi connectivity index (χ4n) is 3.63. The third-order valence-corrected chi connectivity index (χ3v) is 6.62. The summed E-state index contributed by atoms with van der Waals surface area (Å²) in [6.45, 7) is 8.08. The third-order valence-electron chi connectivity index (χ3n) is 5.12. The number of halogens is 4. The predicted octanol–water partition coefficient (Wildman–Crippen LogP) is 6.26. The van der Waals surface area contributed by atoms with Gasteiger partial charge in [0, 0.05) is 13.0 Å². The Morgan fingerprint density at radius 2 is 1.82 bits per heavy atom. The lowest BCUT2D eigenvalue weighted by molar-refractivity contribution is -0.137. The summed E-state index contributed by atoms with van der Waals surface area (Å²) in [5, 5.41) is 2.13. The number of hydrogen-bond acceptors (Lipinski definition) is 4. The maximum absolute atomic E-state index is 13.0.